The largest absolute Gasteiger partial charge is 0.463 e. The van der Waals surface area contributed by atoms with E-state index in [1.807, 2.05) is 30.3 Å². The van der Waals surface area contributed by atoms with Gasteiger partial charge in [-0.1, -0.05) is 48.5 Å². The molecular weight excluding hydrogens is 740 g/mol. The average molecular weight is 781 g/mol. The molecule has 0 bridgehead atoms. The third-order valence-electron chi connectivity index (χ3n) is 9.78. The second kappa shape index (κ2) is 14.8. The maximum absolute atomic E-state index is 14.7. The molecule has 16 heteroatoms. The van der Waals surface area contributed by atoms with E-state index in [0.717, 1.165) is 10.5 Å². The minimum Gasteiger partial charge on any atom is -0.463 e. The molecule has 57 heavy (non-hydrogen) atoms. The summed E-state index contributed by atoms with van der Waals surface area (Å²) in [5.74, 6) is -5.71. The van der Waals surface area contributed by atoms with E-state index in [1.54, 1.807) is 36.4 Å². The molecule has 2 aliphatic rings. The quantitative estimate of drug-likeness (QED) is 0.113. The van der Waals surface area contributed by atoms with Crippen LogP contribution in [0.2, 0.25) is 0 Å². The van der Waals surface area contributed by atoms with Crippen molar-refractivity contribution in [1.82, 2.24) is 19.4 Å². The van der Waals surface area contributed by atoms with Gasteiger partial charge in [-0.3, -0.25) is 33.3 Å². The number of nitrogens with zero attached hydrogens (tertiary/aromatic N) is 3. The Bertz CT molecular complexity index is 2730. The Balaban J connectivity index is 1.39. The second-order valence-electron chi connectivity index (χ2n) is 13.3. The Labute approximate surface area is 329 Å². The van der Waals surface area contributed by atoms with Crippen molar-refractivity contribution < 1.29 is 62.7 Å². The number of ether oxygens (including phenoxy) is 6. The molecule has 1 N–H and O–H groups in total. The van der Waals surface area contributed by atoms with Gasteiger partial charge in [-0.05, 0) is 23.8 Å². The van der Waals surface area contributed by atoms with Gasteiger partial charge in [0.2, 0.25) is 0 Å². The molecule has 0 spiro atoms. The van der Waals surface area contributed by atoms with Gasteiger partial charge in [0.1, 0.15) is 25.1 Å². The summed E-state index contributed by atoms with van der Waals surface area (Å²) < 4.78 is 66.8. The fourth-order valence-electron chi connectivity index (χ4n) is 7.72. The number of imide groups is 1. The zero-order valence-corrected chi connectivity index (χ0v) is 30.0. The predicted octanol–water partition coefficient (Wildman–Crippen LogP) is 4.85. The maximum atomic E-state index is 14.7. The number of aromatic nitrogens is 3. The van der Waals surface area contributed by atoms with Gasteiger partial charge in [0.15, 0.2) is 24.5 Å². The number of para-hydroxylation sites is 1. The van der Waals surface area contributed by atoms with E-state index in [2.05, 4.69) is 9.97 Å². The van der Waals surface area contributed by atoms with Crippen molar-refractivity contribution in [3.05, 3.63) is 89.6 Å². The van der Waals surface area contributed by atoms with Crippen molar-refractivity contribution in [3.63, 3.8) is 0 Å². The first kappa shape index (κ1) is 32.6. The lowest BCUT2D eigenvalue weighted by Crippen LogP contribution is -2.60. The van der Waals surface area contributed by atoms with Crippen LogP contribution in [-0.4, -0.2) is 92.9 Å². The van der Waals surface area contributed by atoms with Crippen LogP contribution in [0.25, 0.3) is 43.7 Å². The monoisotopic (exact) mass is 780 g/mol. The van der Waals surface area contributed by atoms with Crippen LogP contribution < -0.4 is 0 Å². The Morgan fingerprint density at radius 2 is 1.42 bits per heavy atom. The number of fused-ring (bicyclic) bond motifs is 10. The van der Waals surface area contributed by atoms with Crippen molar-refractivity contribution in [2.24, 2.45) is 0 Å². The first-order valence-corrected chi connectivity index (χ1v) is 17.5. The molecule has 1 unspecified atom stereocenters. The molecule has 2 aliphatic heterocycles. The summed E-state index contributed by atoms with van der Waals surface area (Å²) >= 11 is 0. The van der Waals surface area contributed by atoms with Crippen molar-refractivity contribution >= 4 is 79.4 Å². The molecule has 16 nitrogen and oxygen atoms in total. The Kier molecular flexibility index (Phi) is 8.45. The van der Waals surface area contributed by atoms with Gasteiger partial charge in [-0.2, -0.15) is 0 Å². The van der Waals surface area contributed by atoms with Crippen LogP contribution in [0.3, 0.4) is 0 Å². The van der Waals surface area contributed by atoms with Crippen LogP contribution >= 0.6 is 0 Å². The zero-order chi connectivity index (χ0) is 42.9. The molecule has 3 aromatic carbocycles. The van der Waals surface area contributed by atoms with Crippen LogP contribution in [-0.2, 0) is 54.2 Å². The Morgan fingerprint density at radius 3 is 2.16 bits per heavy atom. The van der Waals surface area contributed by atoms with Crippen LogP contribution in [0.5, 0.6) is 0 Å². The van der Waals surface area contributed by atoms with Crippen LogP contribution in [0.1, 0.15) is 65.6 Å². The molecule has 1 saturated heterocycles. The summed E-state index contributed by atoms with van der Waals surface area (Å²) in [5, 5.41) is 1.48. The number of amides is 2. The van der Waals surface area contributed by atoms with Gasteiger partial charge < -0.3 is 33.4 Å². The number of aromatic amines is 1. The normalized spacial score (nSPS) is 21.5. The molecule has 5 heterocycles. The maximum Gasteiger partial charge on any atom is 0.303 e. The van der Waals surface area contributed by atoms with Crippen molar-refractivity contribution in [1.29, 1.82) is 0 Å². The molecule has 0 radical (unpaired) electrons. The number of esters is 4. The number of hydrogen-bond acceptors (Lipinski definition) is 13. The number of carbonyl (C=O) groups is 6. The van der Waals surface area contributed by atoms with Crippen molar-refractivity contribution in [2.75, 3.05) is 13.3 Å². The van der Waals surface area contributed by atoms with Crippen molar-refractivity contribution in [2.45, 2.75) is 64.8 Å². The minimum atomic E-state index is -1.81. The lowest BCUT2D eigenvalue weighted by atomic mass is 9.96. The van der Waals surface area contributed by atoms with Crippen LogP contribution in [0.4, 0.5) is 0 Å². The second-order valence-corrected chi connectivity index (χ2v) is 13.3. The van der Waals surface area contributed by atoms with E-state index in [-0.39, 0.29) is 41.0 Å². The fourth-order valence-corrected chi connectivity index (χ4v) is 7.72. The number of H-pyrrole nitrogens is 1. The summed E-state index contributed by atoms with van der Waals surface area (Å²) in [4.78, 5) is 89.4. The summed E-state index contributed by atoms with van der Waals surface area (Å²) in [5.41, 5.74) is 2.11. The van der Waals surface area contributed by atoms with E-state index < -0.39 is 101 Å². The SMILES string of the molecule is [2H]CC(=O)OC[C@H]1OC(n2c3ncccc3c3c4c(c5c6ccccc6[nH]c5c32)C(=O)N(COCc2ccccc2)C4=O)[C@H](OC(=O)C[2H])[C@@H](OC(=O)C[2H])[C@@H]1OC(=O)C[2H]. The Morgan fingerprint density at radius 1 is 0.772 bits per heavy atom. The highest BCUT2D eigenvalue weighted by atomic mass is 16.7. The van der Waals surface area contributed by atoms with Gasteiger partial charge in [0.05, 0.1) is 28.8 Å². The first-order chi connectivity index (χ1) is 29.6. The number of pyridine rings is 1. The van der Waals surface area contributed by atoms with Crippen LogP contribution in [0, 0.1) is 0 Å². The van der Waals surface area contributed by atoms with Gasteiger partial charge in [0.25, 0.3) is 11.8 Å². The van der Waals surface area contributed by atoms with Gasteiger partial charge in [-0.15, -0.1) is 0 Å². The molecule has 2 amide bonds. The van der Waals surface area contributed by atoms with E-state index in [0.29, 0.717) is 27.2 Å². The van der Waals surface area contributed by atoms with E-state index in [1.165, 1.54) is 10.8 Å². The van der Waals surface area contributed by atoms with E-state index >= 15 is 0 Å². The molecule has 1 fully saturated rings. The number of carbonyl (C=O) groups excluding carboxylic acids is 6. The van der Waals surface area contributed by atoms with Gasteiger partial charge in [0, 0.05) is 66.3 Å². The van der Waals surface area contributed by atoms with E-state index in [9.17, 15) is 28.8 Å². The highest BCUT2D eigenvalue weighted by Gasteiger charge is 2.54. The van der Waals surface area contributed by atoms with Crippen molar-refractivity contribution in [3.8, 4) is 0 Å². The topological polar surface area (TPSA) is 195 Å². The lowest BCUT2D eigenvalue weighted by molar-refractivity contribution is -0.267. The molecule has 0 aliphatic carbocycles. The average Bonchev–Trinajstić information content (AvgIpc) is 3.91. The standard InChI is InChI=1S/C41H36N4O12/c1-20(46)53-18-28-35(54-21(2)47)36(55-22(3)48)37(56-23(4)49)41(57-28)45-34-30(26-14-10-16-42-38(26)45)32-31(29-25-13-8-9-15-27(25)43-33(29)34)39(50)44(40(32)51)19-52-17-24-11-6-5-7-12-24/h5-16,28,35-37,41,43H,17-19H2,1-4H3/t28-,35-,36+,37-,41?/m1/s1/i1D,2D,3D,4D. The highest BCUT2D eigenvalue weighted by molar-refractivity contribution is 6.39. The number of benzene rings is 3. The summed E-state index contributed by atoms with van der Waals surface area (Å²) in [6.45, 7) is -4.54. The Hall–Kier alpha value is -6.65. The van der Waals surface area contributed by atoms with Crippen LogP contribution in [0.15, 0.2) is 72.9 Å². The van der Waals surface area contributed by atoms with E-state index in [4.69, 9.17) is 33.9 Å². The molecule has 292 valence electrons. The smallest absolute Gasteiger partial charge is 0.303 e. The minimum absolute atomic E-state index is 0.00758. The summed E-state index contributed by atoms with van der Waals surface area (Å²) in [6.07, 6.45) is -7.11. The molecular formula is C41H36N4O12. The molecule has 3 aromatic heterocycles. The molecule has 6 aromatic rings. The lowest BCUT2D eigenvalue weighted by Gasteiger charge is -2.45. The summed E-state index contributed by atoms with van der Waals surface area (Å²) in [6, 6.07) is 19.5. The molecule has 8 rings (SSSR count). The highest BCUT2D eigenvalue weighted by Crippen LogP contribution is 2.47. The number of hydrogen-bond donors (Lipinski definition) is 1. The fraction of sp³-hybridized carbons (Fsp3) is 0.293. The zero-order valence-electron chi connectivity index (χ0n) is 34.0. The van der Waals surface area contributed by atoms with Gasteiger partial charge >= 0.3 is 23.9 Å². The third-order valence-corrected chi connectivity index (χ3v) is 9.78. The predicted molar refractivity (Wildman–Crippen MR) is 200 cm³/mol. The third kappa shape index (κ3) is 6.51. The number of nitrogens with one attached hydrogen (secondary N) is 1. The molecule has 0 saturated carbocycles. The number of rotatable bonds is 10. The first-order valence-electron chi connectivity index (χ1n) is 20.3. The summed E-state index contributed by atoms with van der Waals surface area (Å²) in [7, 11) is 0. The molecule has 5 atom stereocenters. The van der Waals surface area contributed by atoms with Gasteiger partial charge in [-0.25, -0.2) is 9.88 Å².